The summed E-state index contributed by atoms with van der Waals surface area (Å²) in [5.41, 5.74) is 2.71. The molecule has 5 heteroatoms. The van der Waals surface area contributed by atoms with Crippen molar-refractivity contribution in [1.29, 1.82) is 0 Å². The van der Waals surface area contributed by atoms with E-state index >= 15 is 0 Å². The van der Waals surface area contributed by atoms with Gasteiger partial charge in [-0.1, -0.05) is 12.1 Å². The number of furan rings is 1. The first-order valence-electron chi connectivity index (χ1n) is 7.82. The Morgan fingerprint density at radius 2 is 2.08 bits per heavy atom. The first-order chi connectivity index (χ1) is 12.2. The van der Waals surface area contributed by atoms with E-state index in [9.17, 15) is 4.79 Å². The molecule has 0 unspecified atom stereocenters. The summed E-state index contributed by atoms with van der Waals surface area (Å²) in [6, 6.07) is 13.1. The molecular formula is C20H18N2O3. The summed E-state index contributed by atoms with van der Waals surface area (Å²) in [5.74, 6) is 1.37. The van der Waals surface area contributed by atoms with E-state index in [4.69, 9.17) is 9.15 Å². The number of nitrogens with zero attached hydrogens (tertiary/aromatic N) is 1. The molecule has 1 aromatic carbocycles. The Bertz CT molecular complexity index is 853. The van der Waals surface area contributed by atoms with Gasteiger partial charge in [0.05, 0.1) is 13.4 Å². The highest BCUT2D eigenvalue weighted by molar-refractivity contribution is 5.91. The molecule has 0 radical (unpaired) electrons. The van der Waals surface area contributed by atoms with Crippen LogP contribution in [-0.2, 0) is 11.3 Å². The number of pyridine rings is 1. The quantitative estimate of drug-likeness (QED) is 0.699. The SMILES string of the molecule is COc1ccc(/C=C/C(=O)NCc2cncc(-c3ccco3)c2)cc1. The molecule has 5 nitrogen and oxygen atoms in total. The van der Waals surface area contributed by atoms with Crippen molar-refractivity contribution in [1.82, 2.24) is 10.3 Å². The normalized spacial score (nSPS) is 10.8. The van der Waals surface area contributed by atoms with E-state index in [1.807, 2.05) is 42.5 Å². The molecule has 0 aliphatic heterocycles. The zero-order chi connectivity index (χ0) is 17.5. The molecular weight excluding hydrogens is 316 g/mol. The van der Waals surface area contributed by atoms with E-state index in [0.717, 1.165) is 28.2 Å². The number of rotatable bonds is 6. The van der Waals surface area contributed by atoms with Crippen LogP contribution in [0, 0.1) is 0 Å². The van der Waals surface area contributed by atoms with Crippen LogP contribution in [0.15, 0.2) is 71.6 Å². The maximum absolute atomic E-state index is 12.0. The molecule has 25 heavy (non-hydrogen) atoms. The van der Waals surface area contributed by atoms with Gasteiger partial charge >= 0.3 is 0 Å². The van der Waals surface area contributed by atoms with Gasteiger partial charge in [0.1, 0.15) is 11.5 Å². The third-order valence-corrected chi connectivity index (χ3v) is 3.61. The van der Waals surface area contributed by atoms with Gasteiger partial charge < -0.3 is 14.5 Å². The van der Waals surface area contributed by atoms with Gasteiger partial charge in [-0.15, -0.1) is 0 Å². The number of hydrogen-bond donors (Lipinski definition) is 1. The van der Waals surface area contributed by atoms with Gasteiger partial charge in [0.25, 0.3) is 0 Å². The van der Waals surface area contributed by atoms with Gasteiger partial charge in [0.15, 0.2) is 0 Å². The molecule has 0 bridgehead atoms. The van der Waals surface area contributed by atoms with Gasteiger partial charge in [-0.05, 0) is 47.5 Å². The third-order valence-electron chi connectivity index (χ3n) is 3.61. The van der Waals surface area contributed by atoms with Crippen LogP contribution >= 0.6 is 0 Å². The van der Waals surface area contributed by atoms with Crippen LogP contribution in [0.3, 0.4) is 0 Å². The summed E-state index contributed by atoms with van der Waals surface area (Å²) in [6.45, 7) is 0.396. The molecule has 126 valence electrons. The highest BCUT2D eigenvalue weighted by Crippen LogP contribution is 2.19. The molecule has 0 aliphatic carbocycles. The van der Waals surface area contributed by atoms with Gasteiger partial charge in [-0.25, -0.2) is 0 Å². The molecule has 0 spiro atoms. The lowest BCUT2D eigenvalue weighted by Crippen LogP contribution is -2.20. The smallest absolute Gasteiger partial charge is 0.244 e. The molecule has 2 heterocycles. The number of carbonyl (C=O) groups is 1. The Hall–Kier alpha value is -3.34. The first-order valence-corrected chi connectivity index (χ1v) is 7.82. The molecule has 0 aliphatic rings. The number of nitrogens with one attached hydrogen (secondary N) is 1. The van der Waals surface area contributed by atoms with Crippen molar-refractivity contribution in [3.05, 3.63) is 78.3 Å². The number of carbonyl (C=O) groups excluding carboxylic acids is 1. The number of hydrogen-bond acceptors (Lipinski definition) is 4. The first kappa shape index (κ1) is 16.5. The molecule has 0 fully saturated rings. The molecule has 3 aromatic rings. The van der Waals surface area contributed by atoms with Crippen LogP contribution in [-0.4, -0.2) is 18.0 Å². The van der Waals surface area contributed by atoms with Crippen molar-refractivity contribution in [2.24, 2.45) is 0 Å². The lowest BCUT2D eigenvalue weighted by atomic mass is 10.1. The summed E-state index contributed by atoms with van der Waals surface area (Å²) in [6.07, 6.45) is 8.33. The van der Waals surface area contributed by atoms with Crippen molar-refractivity contribution < 1.29 is 13.9 Å². The fraction of sp³-hybridized carbons (Fsp3) is 0.100. The van der Waals surface area contributed by atoms with Crippen LogP contribution in [0.25, 0.3) is 17.4 Å². The fourth-order valence-electron chi connectivity index (χ4n) is 2.30. The minimum atomic E-state index is -0.167. The topological polar surface area (TPSA) is 64.4 Å². The Labute approximate surface area is 146 Å². The van der Waals surface area contributed by atoms with Crippen LogP contribution in [0.4, 0.5) is 0 Å². The molecule has 1 amide bonds. The van der Waals surface area contributed by atoms with E-state index in [1.165, 1.54) is 6.08 Å². The van der Waals surface area contributed by atoms with Crippen LogP contribution in [0.5, 0.6) is 5.75 Å². The van der Waals surface area contributed by atoms with Gasteiger partial charge in [0.2, 0.25) is 5.91 Å². The molecule has 2 aromatic heterocycles. The number of benzene rings is 1. The van der Waals surface area contributed by atoms with E-state index in [-0.39, 0.29) is 5.91 Å². The molecule has 1 N–H and O–H groups in total. The predicted octanol–water partition coefficient (Wildman–Crippen LogP) is 3.68. The molecule has 0 saturated heterocycles. The van der Waals surface area contributed by atoms with Gasteiger partial charge in [-0.3, -0.25) is 9.78 Å². The lowest BCUT2D eigenvalue weighted by molar-refractivity contribution is -0.116. The van der Waals surface area contributed by atoms with Gasteiger partial charge in [0, 0.05) is 30.6 Å². The summed E-state index contributed by atoms with van der Waals surface area (Å²) in [7, 11) is 1.62. The van der Waals surface area contributed by atoms with E-state index < -0.39 is 0 Å². The van der Waals surface area contributed by atoms with Crippen molar-refractivity contribution in [3.8, 4) is 17.1 Å². The summed E-state index contributed by atoms with van der Waals surface area (Å²) in [4.78, 5) is 16.2. The molecule has 0 atom stereocenters. The number of amides is 1. The zero-order valence-corrected chi connectivity index (χ0v) is 13.8. The van der Waals surface area contributed by atoms with Gasteiger partial charge in [-0.2, -0.15) is 0 Å². The van der Waals surface area contributed by atoms with Crippen LogP contribution < -0.4 is 10.1 Å². The second kappa shape index (κ2) is 7.97. The zero-order valence-electron chi connectivity index (χ0n) is 13.8. The van der Waals surface area contributed by atoms with E-state index in [2.05, 4.69) is 10.3 Å². The van der Waals surface area contributed by atoms with Crippen molar-refractivity contribution >= 4 is 12.0 Å². The number of ether oxygens (including phenoxy) is 1. The Morgan fingerprint density at radius 3 is 2.80 bits per heavy atom. The minimum Gasteiger partial charge on any atom is -0.497 e. The largest absolute Gasteiger partial charge is 0.497 e. The monoisotopic (exact) mass is 334 g/mol. The summed E-state index contributed by atoms with van der Waals surface area (Å²) in [5, 5.41) is 2.84. The van der Waals surface area contributed by atoms with Crippen LogP contribution in [0.2, 0.25) is 0 Å². The Balaban J connectivity index is 1.57. The average Bonchev–Trinajstić information content (AvgIpc) is 3.20. The number of aromatic nitrogens is 1. The second-order valence-corrected chi connectivity index (χ2v) is 5.38. The average molecular weight is 334 g/mol. The maximum atomic E-state index is 12.0. The molecule has 0 saturated carbocycles. The van der Waals surface area contributed by atoms with Crippen molar-refractivity contribution in [2.45, 2.75) is 6.54 Å². The standard InChI is InChI=1S/C20H18N2O3/c1-24-18-7-4-15(5-8-18)6-9-20(23)22-13-16-11-17(14-21-12-16)19-3-2-10-25-19/h2-12,14H,13H2,1H3,(H,22,23)/b9-6+. The maximum Gasteiger partial charge on any atom is 0.244 e. The number of methoxy groups -OCH3 is 1. The summed E-state index contributed by atoms with van der Waals surface area (Å²) < 4.78 is 10.5. The van der Waals surface area contributed by atoms with Crippen molar-refractivity contribution in [3.63, 3.8) is 0 Å². The Kier molecular flexibility index (Phi) is 5.26. The Morgan fingerprint density at radius 1 is 1.24 bits per heavy atom. The van der Waals surface area contributed by atoms with E-state index in [0.29, 0.717) is 6.54 Å². The predicted molar refractivity (Wildman–Crippen MR) is 95.8 cm³/mol. The lowest BCUT2D eigenvalue weighted by Gasteiger charge is -2.04. The molecule has 3 rings (SSSR count). The van der Waals surface area contributed by atoms with E-state index in [1.54, 1.807) is 31.8 Å². The highest BCUT2D eigenvalue weighted by atomic mass is 16.5. The summed E-state index contributed by atoms with van der Waals surface area (Å²) >= 11 is 0. The highest BCUT2D eigenvalue weighted by Gasteiger charge is 2.03. The minimum absolute atomic E-state index is 0.167. The van der Waals surface area contributed by atoms with Crippen LogP contribution in [0.1, 0.15) is 11.1 Å². The van der Waals surface area contributed by atoms with Crippen molar-refractivity contribution in [2.75, 3.05) is 7.11 Å². The third kappa shape index (κ3) is 4.57. The fourth-order valence-corrected chi connectivity index (χ4v) is 2.30. The second-order valence-electron chi connectivity index (χ2n) is 5.38.